The zero-order valence-corrected chi connectivity index (χ0v) is 10.6. The van der Waals surface area contributed by atoms with Crippen LogP contribution in [0.2, 0.25) is 0 Å². The summed E-state index contributed by atoms with van der Waals surface area (Å²) in [7, 11) is 0. The van der Waals surface area contributed by atoms with Crippen LogP contribution in [0.25, 0.3) is 21.0 Å². The maximum Gasteiger partial charge on any atom is 0.356 e. The van der Waals surface area contributed by atoms with Gasteiger partial charge in [0.05, 0.1) is 11.1 Å². The number of carbonyl (C=O) groups is 1. The number of carboxylic acids is 1. The second-order valence-corrected chi connectivity index (χ2v) is 4.88. The second-order valence-electron chi connectivity index (χ2n) is 3.88. The standard InChI is InChI=1S/C14H9NO3S/c16-14(17)11-12(9-4-2-1-3-5-9)19-13(15-11)10-6-7-18-8-10/h1-8H,(H,16,17). The van der Waals surface area contributed by atoms with Crippen LogP contribution in [0.3, 0.4) is 0 Å². The van der Waals surface area contributed by atoms with Crippen molar-refractivity contribution in [1.82, 2.24) is 4.98 Å². The Morgan fingerprint density at radius 1 is 1.16 bits per heavy atom. The molecule has 1 aromatic carbocycles. The molecular weight excluding hydrogens is 262 g/mol. The fourth-order valence-corrected chi connectivity index (χ4v) is 2.81. The number of rotatable bonds is 3. The fraction of sp³-hybridized carbons (Fsp3) is 0. The summed E-state index contributed by atoms with van der Waals surface area (Å²) in [5.41, 5.74) is 1.72. The summed E-state index contributed by atoms with van der Waals surface area (Å²) in [6.45, 7) is 0. The van der Waals surface area contributed by atoms with Gasteiger partial charge in [0, 0.05) is 5.56 Å². The normalized spacial score (nSPS) is 10.5. The number of aromatic nitrogens is 1. The molecule has 1 N–H and O–H groups in total. The van der Waals surface area contributed by atoms with Gasteiger partial charge in [-0.2, -0.15) is 0 Å². The van der Waals surface area contributed by atoms with Crippen molar-refractivity contribution in [3.05, 3.63) is 54.6 Å². The third kappa shape index (κ3) is 2.15. The molecule has 0 saturated heterocycles. The van der Waals surface area contributed by atoms with Crippen LogP contribution in [0.15, 0.2) is 53.3 Å². The van der Waals surface area contributed by atoms with Crippen molar-refractivity contribution in [2.75, 3.05) is 0 Å². The molecule has 0 radical (unpaired) electrons. The van der Waals surface area contributed by atoms with Crippen LogP contribution < -0.4 is 0 Å². The first-order chi connectivity index (χ1) is 9.25. The first-order valence-electron chi connectivity index (χ1n) is 5.58. The van der Waals surface area contributed by atoms with E-state index in [9.17, 15) is 9.90 Å². The third-order valence-electron chi connectivity index (χ3n) is 2.63. The molecule has 0 aliphatic carbocycles. The number of nitrogens with zero attached hydrogens (tertiary/aromatic N) is 1. The lowest BCUT2D eigenvalue weighted by atomic mass is 10.1. The zero-order chi connectivity index (χ0) is 13.2. The average molecular weight is 271 g/mol. The molecule has 0 aliphatic rings. The van der Waals surface area contributed by atoms with Crippen LogP contribution in [0.5, 0.6) is 0 Å². The van der Waals surface area contributed by atoms with Gasteiger partial charge in [0.2, 0.25) is 0 Å². The molecule has 19 heavy (non-hydrogen) atoms. The van der Waals surface area contributed by atoms with E-state index in [2.05, 4.69) is 4.98 Å². The molecule has 2 heterocycles. The molecule has 5 heteroatoms. The van der Waals surface area contributed by atoms with Gasteiger partial charge < -0.3 is 9.52 Å². The third-order valence-corrected chi connectivity index (χ3v) is 3.79. The topological polar surface area (TPSA) is 63.3 Å². The van der Waals surface area contributed by atoms with Crippen LogP contribution >= 0.6 is 11.3 Å². The summed E-state index contributed by atoms with van der Waals surface area (Å²) >= 11 is 1.35. The molecule has 3 rings (SSSR count). The zero-order valence-electron chi connectivity index (χ0n) is 9.74. The number of furan rings is 1. The van der Waals surface area contributed by atoms with Crippen LogP contribution in [0, 0.1) is 0 Å². The molecule has 0 spiro atoms. The number of aromatic carboxylic acids is 1. The lowest BCUT2D eigenvalue weighted by molar-refractivity contribution is 0.0692. The maximum atomic E-state index is 11.3. The van der Waals surface area contributed by atoms with Crippen LogP contribution in [0.1, 0.15) is 10.5 Å². The summed E-state index contributed by atoms with van der Waals surface area (Å²) < 4.78 is 5.00. The van der Waals surface area contributed by atoms with E-state index in [-0.39, 0.29) is 5.69 Å². The molecule has 0 amide bonds. The van der Waals surface area contributed by atoms with Crippen molar-refractivity contribution >= 4 is 17.3 Å². The minimum Gasteiger partial charge on any atom is -0.476 e. The molecule has 3 aromatic rings. The van der Waals surface area contributed by atoms with E-state index in [4.69, 9.17) is 4.42 Å². The Bertz CT molecular complexity index is 702. The van der Waals surface area contributed by atoms with Gasteiger partial charge in [0.15, 0.2) is 5.69 Å². The molecule has 94 valence electrons. The van der Waals surface area contributed by atoms with Crippen molar-refractivity contribution in [2.45, 2.75) is 0 Å². The smallest absolute Gasteiger partial charge is 0.356 e. The molecule has 0 fully saturated rings. The monoisotopic (exact) mass is 271 g/mol. The molecule has 0 aliphatic heterocycles. The van der Waals surface area contributed by atoms with Gasteiger partial charge in [-0.25, -0.2) is 9.78 Å². The van der Waals surface area contributed by atoms with Gasteiger partial charge in [-0.3, -0.25) is 0 Å². The lowest BCUT2D eigenvalue weighted by Gasteiger charge is -1.97. The Kier molecular flexibility index (Phi) is 2.89. The minimum absolute atomic E-state index is 0.0763. The van der Waals surface area contributed by atoms with E-state index < -0.39 is 5.97 Å². The van der Waals surface area contributed by atoms with Gasteiger partial charge >= 0.3 is 5.97 Å². The Morgan fingerprint density at radius 3 is 2.58 bits per heavy atom. The number of hydrogen-bond donors (Lipinski definition) is 1. The first kappa shape index (κ1) is 11.7. The highest BCUT2D eigenvalue weighted by Gasteiger charge is 2.19. The Labute approximate surface area is 113 Å². The quantitative estimate of drug-likeness (QED) is 0.787. The fourth-order valence-electron chi connectivity index (χ4n) is 1.76. The molecular formula is C14H9NO3S. The Morgan fingerprint density at radius 2 is 1.95 bits per heavy atom. The SMILES string of the molecule is O=C(O)c1nc(-c2ccoc2)sc1-c1ccccc1. The van der Waals surface area contributed by atoms with Crippen molar-refractivity contribution in [3.63, 3.8) is 0 Å². The summed E-state index contributed by atoms with van der Waals surface area (Å²) in [6, 6.07) is 11.1. The maximum absolute atomic E-state index is 11.3. The summed E-state index contributed by atoms with van der Waals surface area (Å²) in [6.07, 6.45) is 3.10. The summed E-state index contributed by atoms with van der Waals surface area (Å²) in [4.78, 5) is 16.1. The van der Waals surface area contributed by atoms with Crippen LogP contribution in [-0.2, 0) is 0 Å². The van der Waals surface area contributed by atoms with E-state index in [1.54, 1.807) is 18.6 Å². The van der Waals surface area contributed by atoms with E-state index in [0.29, 0.717) is 9.88 Å². The van der Waals surface area contributed by atoms with Crippen LogP contribution in [-0.4, -0.2) is 16.1 Å². The van der Waals surface area contributed by atoms with E-state index in [0.717, 1.165) is 11.1 Å². The summed E-state index contributed by atoms with van der Waals surface area (Å²) in [5.74, 6) is -1.02. The summed E-state index contributed by atoms with van der Waals surface area (Å²) in [5, 5.41) is 9.90. The van der Waals surface area contributed by atoms with E-state index >= 15 is 0 Å². The van der Waals surface area contributed by atoms with E-state index in [1.165, 1.54) is 11.3 Å². The predicted octanol–water partition coefficient (Wildman–Crippen LogP) is 3.77. The Hall–Kier alpha value is -2.40. The largest absolute Gasteiger partial charge is 0.476 e. The van der Waals surface area contributed by atoms with Gasteiger partial charge in [0.25, 0.3) is 0 Å². The van der Waals surface area contributed by atoms with Crippen molar-refractivity contribution in [3.8, 4) is 21.0 Å². The first-order valence-corrected chi connectivity index (χ1v) is 6.39. The number of carboxylic acid groups (broad SMARTS) is 1. The van der Waals surface area contributed by atoms with Gasteiger partial charge in [-0.1, -0.05) is 30.3 Å². The molecule has 0 atom stereocenters. The van der Waals surface area contributed by atoms with Gasteiger partial charge in [0.1, 0.15) is 11.3 Å². The molecule has 0 bridgehead atoms. The van der Waals surface area contributed by atoms with Crippen molar-refractivity contribution < 1.29 is 14.3 Å². The highest BCUT2D eigenvalue weighted by molar-refractivity contribution is 7.18. The lowest BCUT2D eigenvalue weighted by Crippen LogP contribution is -1.98. The molecule has 4 nitrogen and oxygen atoms in total. The molecule has 0 unspecified atom stereocenters. The van der Waals surface area contributed by atoms with Crippen LogP contribution in [0.4, 0.5) is 0 Å². The molecule has 2 aromatic heterocycles. The second kappa shape index (κ2) is 4.70. The van der Waals surface area contributed by atoms with Gasteiger partial charge in [-0.05, 0) is 11.6 Å². The van der Waals surface area contributed by atoms with Crippen molar-refractivity contribution in [2.24, 2.45) is 0 Å². The molecule has 0 saturated carbocycles. The highest BCUT2D eigenvalue weighted by Crippen LogP contribution is 2.35. The highest BCUT2D eigenvalue weighted by atomic mass is 32.1. The predicted molar refractivity (Wildman–Crippen MR) is 72.2 cm³/mol. The van der Waals surface area contributed by atoms with E-state index in [1.807, 2.05) is 30.3 Å². The minimum atomic E-state index is -1.02. The number of thiazole rings is 1. The van der Waals surface area contributed by atoms with Crippen molar-refractivity contribution in [1.29, 1.82) is 0 Å². The number of hydrogen-bond acceptors (Lipinski definition) is 4. The average Bonchev–Trinajstić information content (AvgIpc) is 3.08. The number of benzene rings is 1. The van der Waals surface area contributed by atoms with Gasteiger partial charge in [-0.15, -0.1) is 11.3 Å². The Balaban J connectivity index is 2.16.